The van der Waals surface area contributed by atoms with Crippen LogP contribution in [0.25, 0.3) is 0 Å². The fraction of sp³-hybridized carbons (Fsp3) is 0.846. The van der Waals surface area contributed by atoms with Gasteiger partial charge in [0.25, 0.3) is 0 Å². The summed E-state index contributed by atoms with van der Waals surface area (Å²) >= 11 is 0. The Kier molecular flexibility index (Phi) is 3.66. The second-order valence-electron chi connectivity index (χ2n) is 4.84. The molecule has 2 fully saturated rings. The number of hydrogen-bond donors (Lipinski definition) is 1. The molecule has 1 saturated heterocycles. The summed E-state index contributed by atoms with van der Waals surface area (Å²) in [5, 5.41) is 3.62. The Labute approximate surface area is 93.4 Å². The van der Waals surface area contributed by atoms with Crippen LogP contribution in [0.1, 0.15) is 39.5 Å². The summed E-state index contributed by atoms with van der Waals surface area (Å²) in [7, 11) is 0. The molecule has 2 unspecified atom stereocenters. The summed E-state index contributed by atoms with van der Waals surface area (Å²) in [6, 6.07) is 2.41. The lowest BCUT2D eigenvalue weighted by molar-refractivity contribution is 0.255. The molecule has 2 rings (SSSR count). The van der Waals surface area contributed by atoms with Gasteiger partial charge in [-0.15, -0.1) is 11.8 Å². The quantitative estimate of drug-likeness (QED) is 0.555. The molecule has 1 aliphatic carbocycles. The van der Waals surface area contributed by atoms with Crippen molar-refractivity contribution in [1.29, 1.82) is 0 Å². The molecular formula is C13H22N2. The number of likely N-dealkylation sites (tertiary alicyclic amines) is 1. The van der Waals surface area contributed by atoms with E-state index in [1.54, 1.807) is 0 Å². The lowest BCUT2D eigenvalue weighted by Crippen LogP contribution is -2.34. The molecule has 1 aliphatic heterocycles. The normalized spacial score (nSPS) is 31.3. The van der Waals surface area contributed by atoms with Gasteiger partial charge in [-0.3, -0.25) is 4.90 Å². The summed E-state index contributed by atoms with van der Waals surface area (Å²) in [4.78, 5) is 2.68. The van der Waals surface area contributed by atoms with Gasteiger partial charge < -0.3 is 5.32 Å². The predicted molar refractivity (Wildman–Crippen MR) is 63.7 cm³/mol. The minimum Gasteiger partial charge on any atom is -0.312 e. The summed E-state index contributed by atoms with van der Waals surface area (Å²) in [6.45, 7) is 6.58. The Morgan fingerprint density at radius 1 is 1.40 bits per heavy atom. The molecule has 0 spiro atoms. The molecule has 0 aromatic rings. The molecule has 1 saturated carbocycles. The SMILES string of the molecule is CC#CCCNC1CC(C)N(C2CC2)C1. The number of hydrogen-bond acceptors (Lipinski definition) is 2. The number of nitrogens with zero attached hydrogens (tertiary/aromatic N) is 1. The minimum absolute atomic E-state index is 0.708. The highest BCUT2D eigenvalue weighted by molar-refractivity contribution is 4.98. The van der Waals surface area contributed by atoms with E-state index >= 15 is 0 Å². The van der Waals surface area contributed by atoms with E-state index in [4.69, 9.17) is 0 Å². The Hall–Kier alpha value is -0.520. The van der Waals surface area contributed by atoms with Crippen molar-refractivity contribution in [2.24, 2.45) is 0 Å². The maximum atomic E-state index is 3.62. The molecule has 15 heavy (non-hydrogen) atoms. The fourth-order valence-corrected chi connectivity index (χ4v) is 2.58. The van der Waals surface area contributed by atoms with E-state index in [-0.39, 0.29) is 0 Å². The van der Waals surface area contributed by atoms with Crippen LogP contribution in [0.15, 0.2) is 0 Å². The van der Waals surface area contributed by atoms with Crippen molar-refractivity contribution in [1.82, 2.24) is 10.2 Å². The maximum absolute atomic E-state index is 3.62. The van der Waals surface area contributed by atoms with Gasteiger partial charge in [-0.1, -0.05) is 0 Å². The predicted octanol–water partition coefficient (Wildman–Crippen LogP) is 1.61. The maximum Gasteiger partial charge on any atom is 0.0214 e. The van der Waals surface area contributed by atoms with E-state index in [0.29, 0.717) is 6.04 Å². The highest BCUT2D eigenvalue weighted by Gasteiger charge is 2.38. The number of rotatable bonds is 4. The molecule has 2 atom stereocenters. The van der Waals surface area contributed by atoms with Crippen LogP contribution in [-0.4, -0.2) is 36.1 Å². The first-order valence-corrected chi connectivity index (χ1v) is 6.20. The molecule has 2 heteroatoms. The zero-order valence-corrected chi connectivity index (χ0v) is 9.92. The van der Waals surface area contributed by atoms with Gasteiger partial charge in [-0.25, -0.2) is 0 Å². The first kappa shape index (κ1) is 11.0. The standard InChI is InChI=1S/C13H22N2/c1-3-4-5-8-14-12-9-11(2)15(10-12)13-6-7-13/h11-14H,5-10H2,1-2H3. The van der Waals surface area contributed by atoms with Gasteiger partial charge in [0.1, 0.15) is 0 Å². The van der Waals surface area contributed by atoms with Crippen LogP contribution >= 0.6 is 0 Å². The zero-order chi connectivity index (χ0) is 10.7. The van der Waals surface area contributed by atoms with Crippen molar-refractivity contribution in [2.75, 3.05) is 13.1 Å². The third-order valence-corrected chi connectivity index (χ3v) is 3.50. The van der Waals surface area contributed by atoms with Crippen LogP contribution in [0.2, 0.25) is 0 Å². The molecule has 2 nitrogen and oxygen atoms in total. The van der Waals surface area contributed by atoms with Gasteiger partial charge in [-0.2, -0.15) is 0 Å². The summed E-state index contributed by atoms with van der Waals surface area (Å²) in [5.74, 6) is 6.04. The smallest absolute Gasteiger partial charge is 0.0214 e. The van der Waals surface area contributed by atoms with Crippen molar-refractivity contribution in [2.45, 2.75) is 57.7 Å². The van der Waals surface area contributed by atoms with E-state index in [9.17, 15) is 0 Å². The Bertz CT molecular complexity index is 259. The second kappa shape index (κ2) is 5.01. The largest absolute Gasteiger partial charge is 0.312 e. The summed E-state index contributed by atoms with van der Waals surface area (Å²) in [6.07, 6.45) is 5.16. The van der Waals surface area contributed by atoms with Crippen LogP contribution in [0.5, 0.6) is 0 Å². The van der Waals surface area contributed by atoms with Gasteiger partial charge in [0.15, 0.2) is 0 Å². The molecule has 0 amide bonds. The Morgan fingerprint density at radius 2 is 2.20 bits per heavy atom. The molecule has 2 aliphatic rings. The van der Waals surface area contributed by atoms with Crippen molar-refractivity contribution in [3.8, 4) is 11.8 Å². The van der Waals surface area contributed by atoms with Crippen molar-refractivity contribution in [3.05, 3.63) is 0 Å². The lowest BCUT2D eigenvalue weighted by atomic mass is 10.2. The first-order chi connectivity index (χ1) is 7.31. The van der Waals surface area contributed by atoms with Gasteiger partial charge in [0, 0.05) is 37.6 Å². The van der Waals surface area contributed by atoms with Crippen LogP contribution in [0.3, 0.4) is 0 Å². The molecule has 0 bridgehead atoms. The van der Waals surface area contributed by atoms with E-state index in [1.807, 2.05) is 6.92 Å². The van der Waals surface area contributed by atoms with E-state index in [1.165, 1.54) is 25.8 Å². The number of nitrogens with one attached hydrogen (secondary N) is 1. The first-order valence-electron chi connectivity index (χ1n) is 6.20. The molecule has 0 radical (unpaired) electrons. The average molecular weight is 206 g/mol. The summed E-state index contributed by atoms with van der Waals surface area (Å²) < 4.78 is 0. The minimum atomic E-state index is 0.708. The molecule has 1 heterocycles. The van der Waals surface area contributed by atoms with Crippen molar-refractivity contribution < 1.29 is 0 Å². The van der Waals surface area contributed by atoms with Crippen LogP contribution in [0.4, 0.5) is 0 Å². The lowest BCUT2D eigenvalue weighted by Gasteiger charge is -2.19. The third-order valence-electron chi connectivity index (χ3n) is 3.50. The fourth-order valence-electron chi connectivity index (χ4n) is 2.58. The highest BCUT2D eigenvalue weighted by Crippen LogP contribution is 2.33. The highest BCUT2D eigenvalue weighted by atomic mass is 15.3. The molecule has 0 aromatic heterocycles. The van der Waals surface area contributed by atoms with E-state index < -0.39 is 0 Å². The Balaban J connectivity index is 1.68. The molecule has 0 aromatic carbocycles. The Morgan fingerprint density at radius 3 is 2.87 bits per heavy atom. The van der Waals surface area contributed by atoms with Gasteiger partial charge in [0.2, 0.25) is 0 Å². The third kappa shape index (κ3) is 2.96. The van der Waals surface area contributed by atoms with Crippen LogP contribution in [0, 0.1) is 11.8 Å². The van der Waals surface area contributed by atoms with Crippen molar-refractivity contribution in [3.63, 3.8) is 0 Å². The average Bonchev–Trinajstić information content (AvgIpc) is 2.99. The van der Waals surface area contributed by atoms with Gasteiger partial charge >= 0.3 is 0 Å². The van der Waals surface area contributed by atoms with Gasteiger partial charge in [0.05, 0.1) is 0 Å². The molecule has 1 N–H and O–H groups in total. The van der Waals surface area contributed by atoms with E-state index in [2.05, 4.69) is 29.0 Å². The zero-order valence-electron chi connectivity index (χ0n) is 9.92. The second-order valence-corrected chi connectivity index (χ2v) is 4.84. The van der Waals surface area contributed by atoms with Crippen LogP contribution in [-0.2, 0) is 0 Å². The monoisotopic (exact) mass is 206 g/mol. The molecular weight excluding hydrogens is 184 g/mol. The van der Waals surface area contributed by atoms with Crippen molar-refractivity contribution >= 4 is 0 Å². The van der Waals surface area contributed by atoms with Crippen LogP contribution < -0.4 is 5.32 Å². The topological polar surface area (TPSA) is 15.3 Å². The van der Waals surface area contributed by atoms with Gasteiger partial charge in [-0.05, 0) is 33.1 Å². The molecule has 84 valence electrons. The van der Waals surface area contributed by atoms with E-state index in [0.717, 1.165) is 25.0 Å². The summed E-state index contributed by atoms with van der Waals surface area (Å²) in [5.41, 5.74) is 0.